The third-order valence-corrected chi connectivity index (χ3v) is 4.21. The summed E-state index contributed by atoms with van der Waals surface area (Å²) < 4.78 is 0. The molecule has 0 fully saturated rings. The van der Waals surface area contributed by atoms with Crippen molar-refractivity contribution >= 4 is 5.69 Å². The molecule has 0 aliphatic carbocycles. The molecule has 0 radical (unpaired) electrons. The second-order valence-electron chi connectivity index (χ2n) is 6.08. The summed E-state index contributed by atoms with van der Waals surface area (Å²) in [5.74, 6) is 0.888. The van der Waals surface area contributed by atoms with Gasteiger partial charge in [0.25, 0.3) is 5.69 Å². The van der Waals surface area contributed by atoms with Gasteiger partial charge in [0, 0.05) is 23.4 Å². The Morgan fingerprint density at radius 1 is 1.33 bits per heavy atom. The van der Waals surface area contributed by atoms with Crippen LogP contribution in [-0.2, 0) is 6.42 Å². The molecular weight excluding hydrogens is 266 g/mol. The molecule has 5 heteroatoms. The zero-order valence-electron chi connectivity index (χ0n) is 13.9. The minimum absolute atomic E-state index is 0.207. The monoisotopic (exact) mass is 293 g/mol. The van der Waals surface area contributed by atoms with Gasteiger partial charge in [0.15, 0.2) is 0 Å². The number of nitrogens with zero attached hydrogens (tertiary/aromatic N) is 2. The molecule has 2 atom stereocenters. The van der Waals surface area contributed by atoms with E-state index in [1.807, 2.05) is 6.92 Å². The van der Waals surface area contributed by atoms with Crippen LogP contribution in [0.2, 0.25) is 0 Å². The maximum atomic E-state index is 11.2. The maximum absolute atomic E-state index is 11.2. The van der Waals surface area contributed by atoms with Crippen LogP contribution in [0.15, 0.2) is 6.20 Å². The topological polar surface area (TPSA) is 68.1 Å². The summed E-state index contributed by atoms with van der Waals surface area (Å²) in [7, 11) is 0. The van der Waals surface area contributed by atoms with Crippen LogP contribution in [-0.4, -0.2) is 22.5 Å². The van der Waals surface area contributed by atoms with Gasteiger partial charge >= 0.3 is 0 Å². The average molecular weight is 293 g/mol. The van der Waals surface area contributed by atoms with Gasteiger partial charge in [0.1, 0.15) is 0 Å². The Morgan fingerprint density at radius 2 is 1.95 bits per heavy atom. The van der Waals surface area contributed by atoms with E-state index in [9.17, 15) is 10.1 Å². The first kappa shape index (κ1) is 17.6. The van der Waals surface area contributed by atoms with E-state index in [1.54, 1.807) is 13.1 Å². The third kappa shape index (κ3) is 4.24. The minimum atomic E-state index is -0.298. The quantitative estimate of drug-likeness (QED) is 0.618. The van der Waals surface area contributed by atoms with Crippen molar-refractivity contribution in [1.82, 2.24) is 10.3 Å². The fraction of sp³-hybridized carbons (Fsp3) is 0.688. The predicted octanol–water partition coefficient (Wildman–Crippen LogP) is 3.42. The largest absolute Gasteiger partial charge is 0.314 e. The molecule has 1 aromatic rings. The molecule has 0 saturated carbocycles. The molecule has 118 valence electrons. The fourth-order valence-electron chi connectivity index (χ4n) is 2.94. The van der Waals surface area contributed by atoms with E-state index in [2.05, 4.69) is 38.0 Å². The summed E-state index contributed by atoms with van der Waals surface area (Å²) in [5, 5.41) is 14.7. The van der Waals surface area contributed by atoms with Gasteiger partial charge in [-0.05, 0) is 45.6 Å². The summed E-state index contributed by atoms with van der Waals surface area (Å²) >= 11 is 0. The van der Waals surface area contributed by atoms with Gasteiger partial charge in [-0.15, -0.1) is 0 Å². The minimum Gasteiger partial charge on any atom is -0.314 e. The van der Waals surface area contributed by atoms with Crippen molar-refractivity contribution in [2.45, 2.75) is 54.0 Å². The maximum Gasteiger partial charge on any atom is 0.278 e. The molecule has 0 spiro atoms. The number of hydrogen-bond acceptors (Lipinski definition) is 4. The molecule has 0 saturated heterocycles. The van der Waals surface area contributed by atoms with Crippen LogP contribution in [0.4, 0.5) is 5.69 Å². The second-order valence-corrected chi connectivity index (χ2v) is 6.08. The molecule has 1 rings (SSSR count). The van der Waals surface area contributed by atoms with Crippen LogP contribution < -0.4 is 5.32 Å². The Hall–Kier alpha value is -1.49. The number of hydrogen-bond donors (Lipinski definition) is 1. The molecule has 21 heavy (non-hydrogen) atoms. The van der Waals surface area contributed by atoms with Crippen LogP contribution in [0, 0.1) is 35.8 Å². The van der Waals surface area contributed by atoms with Crippen molar-refractivity contribution in [3.8, 4) is 0 Å². The highest BCUT2D eigenvalue weighted by Gasteiger charge is 2.25. The summed E-state index contributed by atoms with van der Waals surface area (Å²) in [5.41, 5.74) is 2.38. The number of pyridine rings is 1. The number of nitro groups is 1. The first-order chi connectivity index (χ1) is 9.79. The smallest absolute Gasteiger partial charge is 0.278 e. The standard InChI is InChI=1S/C16H27N3O2/c1-7-17-13(6)14(10(2)3)8-15-12(5)16(19(20)21)11(4)9-18-15/h9-10,13-14,17H,7-8H2,1-6H3. The van der Waals surface area contributed by atoms with Crippen LogP contribution in [0.5, 0.6) is 0 Å². The van der Waals surface area contributed by atoms with Gasteiger partial charge in [-0.2, -0.15) is 0 Å². The number of aryl methyl sites for hydroxylation is 1. The van der Waals surface area contributed by atoms with Crippen LogP contribution >= 0.6 is 0 Å². The number of rotatable bonds is 7. The highest BCUT2D eigenvalue weighted by Crippen LogP contribution is 2.28. The van der Waals surface area contributed by atoms with E-state index in [0.717, 1.165) is 18.7 Å². The number of nitrogens with one attached hydrogen (secondary N) is 1. The normalized spacial score (nSPS) is 14.2. The lowest BCUT2D eigenvalue weighted by atomic mass is 9.84. The summed E-state index contributed by atoms with van der Waals surface area (Å²) in [4.78, 5) is 15.4. The first-order valence-electron chi connectivity index (χ1n) is 7.62. The van der Waals surface area contributed by atoms with Gasteiger partial charge in [0.2, 0.25) is 0 Å². The van der Waals surface area contributed by atoms with E-state index in [1.165, 1.54) is 0 Å². The van der Waals surface area contributed by atoms with Crippen molar-refractivity contribution in [3.63, 3.8) is 0 Å². The van der Waals surface area contributed by atoms with Gasteiger partial charge in [-0.1, -0.05) is 20.8 Å². The second kappa shape index (κ2) is 7.50. The fourth-order valence-corrected chi connectivity index (χ4v) is 2.94. The molecule has 0 aromatic carbocycles. The Kier molecular flexibility index (Phi) is 6.27. The molecule has 1 N–H and O–H groups in total. The van der Waals surface area contributed by atoms with Crippen molar-refractivity contribution in [2.24, 2.45) is 11.8 Å². The molecule has 5 nitrogen and oxygen atoms in total. The highest BCUT2D eigenvalue weighted by atomic mass is 16.6. The Bertz CT molecular complexity index is 501. The van der Waals surface area contributed by atoms with Gasteiger partial charge in [-0.25, -0.2) is 0 Å². The number of aromatic nitrogens is 1. The molecule has 1 heterocycles. The van der Waals surface area contributed by atoms with E-state index in [4.69, 9.17) is 0 Å². The SMILES string of the molecule is CCNC(C)C(Cc1ncc(C)c([N+](=O)[O-])c1C)C(C)C. The van der Waals surface area contributed by atoms with Crippen LogP contribution in [0.3, 0.4) is 0 Å². The lowest BCUT2D eigenvalue weighted by Crippen LogP contribution is -2.37. The molecular formula is C16H27N3O2. The molecule has 2 unspecified atom stereocenters. The molecule has 1 aromatic heterocycles. The summed E-state index contributed by atoms with van der Waals surface area (Å²) in [6.07, 6.45) is 2.38. The van der Waals surface area contributed by atoms with E-state index < -0.39 is 0 Å². The van der Waals surface area contributed by atoms with E-state index in [-0.39, 0.29) is 10.6 Å². The first-order valence-corrected chi connectivity index (χ1v) is 7.62. The Morgan fingerprint density at radius 3 is 2.43 bits per heavy atom. The Balaban J connectivity index is 3.10. The van der Waals surface area contributed by atoms with Crippen LogP contribution in [0.25, 0.3) is 0 Å². The predicted molar refractivity (Wildman–Crippen MR) is 85.5 cm³/mol. The molecule has 0 aliphatic heterocycles. The zero-order valence-corrected chi connectivity index (χ0v) is 13.9. The van der Waals surface area contributed by atoms with Gasteiger partial charge < -0.3 is 5.32 Å². The van der Waals surface area contributed by atoms with Crippen molar-refractivity contribution in [3.05, 3.63) is 33.1 Å². The van der Waals surface area contributed by atoms with Crippen LogP contribution in [0.1, 0.15) is 44.5 Å². The van der Waals surface area contributed by atoms with E-state index in [0.29, 0.717) is 29.0 Å². The summed E-state index contributed by atoms with van der Waals surface area (Å²) in [6, 6.07) is 0.358. The van der Waals surface area contributed by atoms with Gasteiger partial charge in [0.05, 0.1) is 10.6 Å². The third-order valence-electron chi connectivity index (χ3n) is 4.21. The van der Waals surface area contributed by atoms with Crippen molar-refractivity contribution in [1.29, 1.82) is 0 Å². The zero-order chi connectivity index (χ0) is 16.2. The lowest BCUT2D eigenvalue weighted by molar-refractivity contribution is -0.386. The van der Waals surface area contributed by atoms with E-state index >= 15 is 0 Å². The van der Waals surface area contributed by atoms with Gasteiger partial charge in [-0.3, -0.25) is 15.1 Å². The lowest BCUT2D eigenvalue weighted by Gasteiger charge is -2.28. The molecule has 0 bridgehead atoms. The molecule has 0 aliphatic rings. The average Bonchev–Trinajstić information content (AvgIpc) is 2.37. The Labute approximate surface area is 127 Å². The molecule has 0 amide bonds. The highest BCUT2D eigenvalue weighted by molar-refractivity contribution is 5.47. The summed E-state index contributed by atoms with van der Waals surface area (Å²) in [6.45, 7) is 13.1. The van der Waals surface area contributed by atoms with Crippen molar-refractivity contribution in [2.75, 3.05) is 6.54 Å². The van der Waals surface area contributed by atoms with Crippen molar-refractivity contribution < 1.29 is 4.92 Å².